The van der Waals surface area contributed by atoms with Crippen LogP contribution in [0.2, 0.25) is 0 Å². The van der Waals surface area contributed by atoms with Crippen LogP contribution in [0.4, 0.5) is 5.69 Å². The second-order valence-corrected chi connectivity index (χ2v) is 8.72. The fourth-order valence-corrected chi connectivity index (χ4v) is 4.84. The van der Waals surface area contributed by atoms with Crippen molar-refractivity contribution in [2.75, 3.05) is 12.4 Å². The van der Waals surface area contributed by atoms with Crippen LogP contribution >= 0.6 is 0 Å². The molecule has 3 nitrogen and oxygen atoms in total. The first-order valence-corrected chi connectivity index (χ1v) is 10.9. The van der Waals surface area contributed by atoms with Gasteiger partial charge < -0.3 is 10.2 Å². The number of nitrogens with zero attached hydrogens (tertiary/aromatic N) is 1. The summed E-state index contributed by atoms with van der Waals surface area (Å²) < 4.78 is 0. The van der Waals surface area contributed by atoms with Gasteiger partial charge in [0.15, 0.2) is 0 Å². The molecular formula is C24H38N2O. The number of allylic oxidation sites excluding steroid dienone is 1. The maximum atomic E-state index is 12.9. The molecule has 0 bridgehead atoms. The number of carbonyl (C=O) groups is 1. The van der Waals surface area contributed by atoms with Gasteiger partial charge in [0.1, 0.15) is 0 Å². The topological polar surface area (TPSA) is 32.3 Å². The van der Waals surface area contributed by atoms with Crippen molar-refractivity contribution in [3.8, 4) is 0 Å². The van der Waals surface area contributed by atoms with E-state index in [2.05, 4.69) is 18.8 Å². The molecule has 0 radical (unpaired) electrons. The van der Waals surface area contributed by atoms with Gasteiger partial charge in [0.05, 0.1) is 0 Å². The molecule has 3 rings (SSSR count). The number of nitrogens with one attached hydrogen (secondary N) is 1. The molecule has 1 atom stereocenters. The number of anilines is 1. The standard InChI is InChI=1S/C24H36N2O.H2/c1-18(17-20-9-7-8-10-20)25-23-15-13-22(14-16-23)24(27)26(3)19(2)21-11-5-4-6-12-21;/h13-16,19-21,25H,1,4-12,17H2,2-3H3;1H. The second kappa shape index (κ2) is 9.43. The molecule has 150 valence electrons. The van der Waals surface area contributed by atoms with Gasteiger partial charge >= 0.3 is 0 Å². The number of benzene rings is 1. The molecule has 0 saturated heterocycles. The molecule has 2 fully saturated rings. The highest BCUT2D eigenvalue weighted by Crippen LogP contribution is 2.31. The molecule has 0 heterocycles. The van der Waals surface area contributed by atoms with Crippen LogP contribution in [0.1, 0.15) is 82.9 Å². The van der Waals surface area contributed by atoms with Crippen molar-refractivity contribution in [1.82, 2.24) is 4.90 Å². The van der Waals surface area contributed by atoms with E-state index >= 15 is 0 Å². The van der Waals surface area contributed by atoms with E-state index in [1.165, 1.54) is 57.8 Å². The molecule has 1 aromatic rings. The molecule has 1 amide bonds. The highest BCUT2D eigenvalue weighted by molar-refractivity contribution is 5.94. The van der Waals surface area contributed by atoms with Crippen molar-refractivity contribution in [1.29, 1.82) is 0 Å². The van der Waals surface area contributed by atoms with Gasteiger partial charge in [-0.1, -0.05) is 51.5 Å². The fourth-order valence-electron chi connectivity index (χ4n) is 4.84. The minimum atomic E-state index is 0. The Kier molecular flexibility index (Phi) is 6.98. The number of amides is 1. The summed E-state index contributed by atoms with van der Waals surface area (Å²) >= 11 is 0. The van der Waals surface area contributed by atoms with Crippen LogP contribution in [0.25, 0.3) is 0 Å². The zero-order valence-corrected chi connectivity index (χ0v) is 17.2. The van der Waals surface area contributed by atoms with E-state index in [4.69, 9.17) is 0 Å². The Bertz CT molecular complexity index is 631. The van der Waals surface area contributed by atoms with Crippen LogP contribution in [-0.2, 0) is 0 Å². The molecule has 0 aliphatic heterocycles. The summed E-state index contributed by atoms with van der Waals surface area (Å²) in [6, 6.07) is 8.20. The van der Waals surface area contributed by atoms with Gasteiger partial charge in [0.25, 0.3) is 5.91 Å². The molecule has 1 N–H and O–H groups in total. The van der Waals surface area contributed by atoms with E-state index in [0.717, 1.165) is 29.3 Å². The van der Waals surface area contributed by atoms with Gasteiger partial charge in [-0.3, -0.25) is 4.79 Å². The fraction of sp³-hybridized carbons (Fsp3) is 0.625. The Morgan fingerprint density at radius 1 is 1.11 bits per heavy atom. The highest BCUT2D eigenvalue weighted by atomic mass is 16.2. The summed E-state index contributed by atoms with van der Waals surface area (Å²) in [6.45, 7) is 6.39. The lowest BCUT2D eigenvalue weighted by Crippen LogP contribution is -2.40. The average Bonchev–Trinajstić information content (AvgIpc) is 3.20. The van der Waals surface area contributed by atoms with Gasteiger partial charge in [-0.05, 0) is 62.3 Å². The first-order valence-electron chi connectivity index (χ1n) is 10.9. The zero-order valence-electron chi connectivity index (χ0n) is 17.2. The van der Waals surface area contributed by atoms with Gasteiger partial charge in [-0.15, -0.1) is 0 Å². The predicted molar refractivity (Wildman–Crippen MR) is 116 cm³/mol. The summed E-state index contributed by atoms with van der Waals surface area (Å²) in [6.07, 6.45) is 12.9. The highest BCUT2D eigenvalue weighted by Gasteiger charge is 2.26. The quantitative estimate of drug-likeness (QED) is 0.596. The normalized spacial score (nSPS) is 19.6. The van der Waals surface area contributed by atoms with E-state index in [-0.39, 0.29) is 7.33 Å². The number of hydrogen-bond acceptors (Lipinski definition) is 2. The predicted octanol–water partition coefficient (Wildman–Crippen LogP) is 6.48. The molecule has 1 unspecified atom stereocenters. The average molecular weight is 371 g/mol. The van der Waals surface area contributed by atoms with E-state index in [1.54, 1.807) is 0 Å². The third-order valence-corrected chi connectivity index (χ3v) is 6.73. The van der Waals surface area contributed by atoms with Crippen LogP contribution in [-0.4, -0.2) is 23.9 Å². The Labute approximate surface area is 166 Å². The van der Waals surface area contributed by atoms with Crippen molar-refractivity contribution < 1.29 is 6.22 Å². The van der Waals surface area contributed by atoms with E-state index < -0.39 is 0 Å². The zero-order chi connectivity index (χ0) is 19.2. The van der Waals surface area contributed by atoms with Gasteiger partial charge in [-0.25, -0.2) is 0 Å². The van der Waals surface area contributed by atoms with Crippen molar-refractivity contribution in [2.45, 2.75) is 77.2 Å². The molecule has 0 spiro atoms. The maximum Gasteiger partial charge on any atom is 0.253 e. The van der Waals surface area contributed by atoms with Gasteiger partial charge in [0, 0.05) is 31.5 Å². The summed E-state index contributed by atoms with van der Waals surface area (Å²) in [5.74, 6) is 1.57. The third kappa shape index (κ3) is 5.37. The van der Waals surface area contributed by atoms with Crippen LogP contribution < -0.4 is 5.32 Å². The monoisotopic (exact) mass is 370 g/mol. The van der Waals surface area contributed by atoms with Crippen LogP contribution in [0, 0.1) is 11.8 Å². The smallest absolute Gasteiger partial charge is 0.253 e. The van der Waals surface area contributed by atoms with Crippen molar-refractivity contribution in [3.05, 3.63) is 42.1 Å². The van der Waals surface area contributed by atoms with Crippen molar-refractivity contribution in [2.24, 2.45) is 11.8 Å². The number of carbonyl (C=O) groups excluding carboxylic acids is 1. The van der Waals surface area contributed by atoms with Crippen LogP contribution in [0.3, 0.4) is 0 Å². The molecule has 0 aromatic heterocycles. The van der Waals surface area contributed by atoms with Gasteiger partial charge in [-0.2, -0.15) is 0 Å². The molecule has 3 heteroatoms. The maximum absolute atomic E-state index is 12.9. The Hall–Kier alpha value is -1.77. The molecule has 2 aliphatic carbocycles. The minimum absolute atomic E-state index is 0. The lowest BCUT2D eigenvalue weighted by molar-refractivity contribution is 0.0665. The largest absolute Gasteiger partial charge is 0.359 e. The summed E-state index contributed by atoms with van der Waals surface area (Å²) in [7, 11) is 1.96. The lowest BCUT2D eigenvalue weighted by Gasteiger charge is -2.34. The third-order valence-electron chi connectivity index (χ3n) is 6.73. The summed E-state index contributed by atoms with van der Waals surface area (Å²) in [5.41, 5.74) is 2.88. The Morgan fingerprint density at radius 2 is 1.70 bits per heavy atom. The molecule has 2 saturated carbocycles. The lowest BCUT2D eigenvalue weighted by atomic mass is 9.84. The first-order chi connectivity index (χ1) is 13.0. The van der Waals surface area contributed by atoms with Crippen LogP contribution in [0.15, 0.2) is 36.5 Å². The minimum Gasteiger partial charge on any atom is -0.359 e. The first kappa shape index (κ1) is 20.0. The summed E-state index contributed by atoms with van der Waals surface area (Å²) in [5, 5.41) is 3.42. The Balaban J connectivity index is 0.00000280. The van der Waals surface area contributed by atoms with Crippen LogP contribution in [0.5, 0.6) is 0 Å². The van der Waals surface area contributed by atoms with Crippen molar-refractivity contribution >= 4 is 11.6 Å². The molecule has 27 heavy (non-hydrogen) atoms. The van der Waals surface area contributed by atoms with E-state index in [1.807, 2.05) is 36.2 Å². The van der Waals surface area contributed by atoms with Gasteiger partial charge in [0.2, 0.25) is 0 Å². The SMILES string of the molecule is C=C(CC1CCCC1)Nc1ccc(C(=O)N(C)C(C)C2CCCCC2)cc1.[HH]. The van der Waals surface area contributed by atoms with E-state index in [9.17, 15) is 4.79 Å². The Morgan fingerprint density at radius 3 is 2.33 bits per heavy atom. The summed E-state index contributed by atoms with van der Waals surface area (Å²) in [4.78, 5) is 14.8. The number of hydrogen-bond donors (Lipinski definition) is 1. The molecule has 2 aliphatic rings. The van der Waals surface area contributed by atoms with E-state index in [0.29, 0.717) is 12.0 Å². The van der Waals surface area contributed by atoms with Crippen molar-refractivity contribution in [3.63, 3.8) is 0 Å². The number of rotatable bonds is 7. The molecular weight excluding hydrogens is 332 g/mol. The molecule has 1 aromatic carbocycles. The second-order valence-electron chi connectivity index (χ2n) is 8.72.